The number of hydrogen-bond acceptors (Lipinski definition) is 2. The van der Waals surface area contributed by atoms with Gasteiger partial charge in [-0.2, -0.15) is 0 Å². The number of benzene rings is 1. The number of carbonyl (C=O) groups is 1. The highest BCUT2D eigenvalue weighted by Gasteiger charge is 2.20. The second-order valence-electron chi connectivity index (χ2n) is 2.41. The van der Waals surface area contributed by atoms with E-state index in [1.165, 1.54) is 25.3 Å². The van der Waals surface area contributed by atoms with Crippen molar-refractivity contribution in [3.63, 3.8) is 0 Å². The maximum atomic E-state index is 13.0. The second-order valence-corrected chi connectivity index (χ2v) is 2.84. The zero-order valence-electron chi connectivity index (χ0n) is 6.96. The molecule has 0 aliphatic carbocycles. The molecule has 0 aliphatic heterocycles. The normalized spacial score (nSPS) is 12.2. The van der Waals surface area contributed by atoms with Crippen LogP contribution in [0.4, 0.5) is 4.39 Å². The fraction of sp³-hybridized carbons (Fsp3) is 0.222. The predicted octanol–water partition coefficient (Wildman–Crippen LogP) is 2.28. The summed E-state index contributed by atoms with van der Waals surface area (Å²) in [4.78, 5) is 10.9. The third-order valence-electron chi connectivity index (χ3n) is 1.59. The van der Waals surface area contributed by atoms with E-state index in [1.54, 1.807) is 6.07 Å². The van der Waals surface area contributed by atoms with Gasteiger partial charge in [0.25, 0.3) is 0 Å². The Morgan fingerprint density at radius 1 is 1.54 bits per heavy atom. The van der Waals surface area contributed by atoms with Gasteiger partial charge in [-0.1, -0.05) is 18.2 Å². The molecule has 0 bridgehead atoms. The molecule has 0 aliphatic rings. The summed E-state index contributed by atoms with van der Waals surface area (Å²) in [5, 5.41) is -1.08. The molecule has 2 nitrogen and oxygen atoms in total. The van der Waals surface area contributed by atoms with Crippen molar-refractivity contribution >= 4 is 17.6 Å². The Morgan fingerprint density at radius 2 is 2.15 bits per heavy atom. The molecule has 0 radical (unpaired) electrons. The molecule has 0 saturated carbocycles. The molecule has 0 spiro atoms. The molecule has 0 amide bonds. The van der Waals surface area contributed by atoms with Gasteiger partial charge in [0.05, 0.1) is 7.11 Å². The molecule has 4 heteroatoms. The van der Waals surface area contributed by atoms with Crippen molar-refractivity contribution in [2.45, 2.75) is 5.38 Å². The molecular weight excluding hydrogens is 195 g/mol. The second kappa shape index (κ2) is 4.23. The Kier molecular flexibility index (Phi) is 3.25. The average molecular weight is 203 g/mol. The summed E-state index contributed by atoms with van der Waals surface area (Å²) in [6.45, 7) is 0. The molecule has 1 aromatic rings. The van der Waals surface area contributed by atoms with Gasteiger partial charge in [-0.3, -0.25) is 4.79 Å². The number of alkyl halides is 1. The molecule has 1 aromatic carbocycles. The van der Waals surface area contributed by atoms with E-state index < -0.39 is 17.2 Å². The van der Waals surface area contributed by atoms with Crippen LogP contribution >= 0.6 is 11.6 Å². The highest BCUT2D eigenvalue weighted by Crippen LogP contribution is 2.23. The van der Waals surface area contributed by atoms with E-state index in [2.05, 4.69) is 4.74 Å². The van der Waals surface area contributed by atoms with Gasteiger partial charge in [0.1, 0.15) is 5.82 Å². The third-order valence-corrected chi connectivity index (χ3v) is 2.00. The first kappa shape index (κ1) is 9.99. The maximum absolute atomic E-state index is 13.0. The summed E-state index contributed by atoms with van der Waals surface area (Å²) < 4.78 is 17.4. The first-order chi connectivity index (χ1) is 6.16. The predicted molar refractivity (Wildman–Crippen MR) is 47.0 cm³/mol. The summed E-state index contributed by atoms with van der Waals surface area (Å²) in [6, 6.07) is 5.83. The van der Waals surface area contributed by atoms with Crippen molar-refractivity contribution in [2.24, 2.45) is 0 Å². The number of hydrogen-bond donors (Lipinski definition) is 0. The lowest BCUT2D eigenvalue weighted by atomic mass is 10.1. The van der Waals surface area contributed by atoms with E-state index >= 15 is 0 Å². The Hall–Kier alpha value is -1.09. The number of rotatable bonds is 2. The van der Waals surface area contributed by atoms with Crippen molar-refractivity contribution in [3.05, 3.63) is 35.6 Å². The van der Waals surface area contributed by atoms with Gasteiger partial charge in [-0.25, -0.2) is 4.39 Å². The Labute approximate surface area is 80.3 Å². The first-order valence-corrected chi connectivity index (χ1v) is 4.06. The van der Waals surface area contributed by atoms with Crippen LogP contribution in [-0.4, -0.2) is 13.1 Å². The van der Waals surface area contributed by atoms with E-state index in [4.69, 9.17) is 11.6 Å². The molecule has 0 N–H and O–H groups in total. The molecule has 0 aromatic heterocycles. The molecule has 13 heavy (non-hydrogen) atoms. The number of ether oxygens (including phenoxy) is 1. The van der Waals surface area contributed by atoms with Crippen molar-refractivity contribution in [1.82, 2.24) is 0 Å². The number of carbonyl (C=O) groups excluding carboxylic acids is 1. The molecular formula is C9H8ClFO2. The smallest absolute Gasteiger partial charge is 0.328 e. The molecule has 0 saturated heterocycles. The van der Waals surface area contributed by atoms with Gasteiger partial charge in [0.2, 0.25) is 0 Å². The van der Waals surface area contributed by atoms with Crippen molar-refractivity contribution < 1.29 is 13.9 Å². The van der Waals surface area contributed by atoms with Gasteiger partial charge >= 0.3 is 5.97 Å². The Balaban J connectivity index is 2.95. The van der Waals surface area contributed by atoms with Gasteiger partial charge in [-0.15, -0.1) is 11.6 Å². The van der Waals surface area contributed by atoms with Crippen LogP contribution in [0, 0.1) is 5.82 Å². The minimum Gasteiger partial charge on any atom is -0.468 e. The molecule has 1 atom stereocenters. The van der Waals surface area contributed by atoms with Crippen LogP contribution in [0.15, 0.2) is 24.3 Å². The van der Waals surface area contributed by atoms with Crippen LogP contribution in [0.3, 0.4) is 0 Å². The fourth-order valence-electron chi connectivity index (χ4n) is 0.911. The van der Waals surface area contributed by atoms with Crippen LogP contribution in [0.25, 0.3) is 0 Å². The Morgan fingerprint density at radius 3 is 2.69 bits per heavy atom. The molecule has 1 rings (SSSR count). The lowest BCUT2D eigenvalue weighted by Crippen LogP contribution is -2.09. The summed E-state index contributed by atoms with van der Waals surface area (Å²) in [6.07, 6.45) is 0. The SMILES string of the molecule is COC(=O)C(Cl)c1ccccc1F. The minimum absolute atomic E-state index is 0.135. The fourth-order valence-corrected chi connectivity index (χ4v) is 1.18. The molecule has 0 heterocycles. The third kappa shape index (κ3) is 2.18. The van der Waals surface area contributed by atoms with Gasteiger partial charge < -0.3 is 4.74 Å². The van der Waals surface area contributed by atoms with Crippen molar-refractivity contribution in [3.8, 4) is 0 Å². The first-order valence-electron chi connectivity index (χ1n) is 3.63. The van der Waals surface area contributed by atoms with E-state index in [0.29, 0.717) is 0 Å². The van der Waals surface area contributed by atoms with E-state index in [-0.39, 0.29) is 5.56 Å². The highest BCUT2D eigenvalue weighted by molar-refractivity contribution is 6.29. The van der Waals surface area contributed by atoms with Gasteiger partial charge in [-0.05, 0) is 6.07 Å². The number of halogens is 2. The maximum Gasteiger partial charge on any atom is 0.328 e. The standard InChI is InChI=1S/C9H8ClFO2/c1-13-9(12)8(10)6-4-2-3-5-7(6)11/h2-5,8H,1H3. The summed E-state index contributed by atoms with van der Waals surface area (Å²) in [5.41, 5.74) is 0.135. The summed E-state index contributed by atoms with van der Waals surface area (Å²) in [7, 11) is 1.21. The van der Waals surface area contributed by atoms with Crippen molar-refractivity contribution in [2.75, 3.05) is 7.11 Å². The highest BCUT2D eigenvalue weighted by atomic mass is 35.5. The van der Waals surface area contributed by atoms with E-state index in [9.17, 15) is 9.18 Å². The monoisotopic (exact) mass is 202 g/mol. The summed E-state index contributed by atoms with van der Waals surface area (Å²) >= 11 is 5.65. The van der Waals surface area contributed by atoms with Crippen LogP contribution < -0.4 is 0 Å². The molecule has 70 valence electrons. The van der Waals surface area contributed by atoms with Crippen LogP contribution in [0.2, 0.25) is 0 Å². The zero-order valence-corrected chi connectivity index (χ0v) is 7.72. The minimum atomic E-state index is -1.08. The lowest BCUT2D eigenvalue weighted by Gasteiger charge is -2.07. The largest absolute Gasteiger partial charge is 0.468 e. The van der Waals surface area contributed by atoms with Crippen LogP contribution in [0.5, 0.6) is 0 Å². The quantitative estimate of drug-likeness (QED) is 0.543. The Bertz CT molecular complexity index is 314. The van der Waals surface area contributed by atoms with Crippen molar-refractivity contribution in [1.29, 1.82) is 0 Å². The average Bonchev–Trinajstić information content (AvgIpc) is 2.16. The lowest BCUT2D eigenvalue weighted by molar-refractivity contribution is -0.140. The van der Waals surface area contributed by atoms with Gasteiger partial charge in [0.15, 0.2) is 5.38 Å². The molecule has 0 fully saturated rings. The molecule has 1 unspecified atom stereocenters. The topological polar surface area (TPSA) is 26.3 Å². The van der Waals surface area contributed by atoms with Crippen LogP contribution in [0.1, 0.15) is 10.9 Å². The number of methoxy groups -OCH3 is 1. The van der Waals surface area contributed by atoms with E-state index in [1.807, 2.05) is 0 Å². The van der Waals surface area contributed by atoms with E-state index in [0.717, 1.165) is 0 Å². The zero-order chi connectivity index (χ0) is 9.84. The number of esters is 1. The van der Waals surface area contributed by atoms with Gasteiger partial charge in [0, 0.05) is 5.56 Å². The summed E-state index contributed by atoms with van der Waals surface area (Å²) in [5.74, 6) is -1.17. The van der Waals surface area contributed by atoms with Crippen LogP contribution in [-0.2, 0) is 9.53 Å².